The van der Waals surface area contributed by atoms with E-state index in [1.54, 1.807) is 0 Å². The third-order valence-electron chi connectivity index (χ3n) is 2.87. The number of rotatable bonds is 4. The molecule has 1 heteroatoms. The monoisotopic (exact) mass is 202 g/mol. The van der Waals surface area contributed by atoms with Gasteiger partial charge in [0.05, 0.1) is 0 Å². The third-order valence-corrected chi connectivity index (χ3v) is 2.87. The van der Waals surface area contributed by atoms with Crippen molar-refractivity contribution in [2.45, 2.75) is 39.0 Å². The molecule has 0 heterocycles. The molecule has 0 spiro atoms. The topological polar surface area (TPSA) is 17.1 Å². The highest BCUT2D eigenvalue weighted by Crippen LogP contribution is 2.41. The van der Waals surface area contributed by atoms with E-state index in [1.807, 2.05) is 18.2 Å². The van der Waals surface area contributed by atoms with Gasteiger partial charge in [-0.15, -0.1) is 0 Å². The molecule has 0 N–H and O–H groups in total. The lowest BCUT2D eigenvalue weighted by Gasteiger charge is -2.08. The fraction of sp³-hybridized carbons (Fsp3) is 0.500. The number of carbonyl (C=O) groups is 1. The first kappa shape index (κ1) is 10.4. The lowest BCUT2D eigenvalue weighted by atomic mass is 9.95. The molecule has 15 heavy (non-hydrogen) atoms. The Bertz CT molecular complexity index is 361. The van der Waals surface area contributed by atoms with E-state index in [0.717, 1.165) is 5.56 Å². The van der Waals surface area contributed by atoms with Crippen LogP contribution in [0.15, 0.2) is 24.3 Å². The van der Waals surface area contributed by atoms with E-state index in [4.69, 9.17) is 0 Å². The molecule has 1 saturated carbocycles. The normalized spacial score (nSPS) is 15.7. The Balaban J connectivity index is 2.22. The summed E-state index contributed by atoms with van der Waals surface area (Å²) in [5.74, 6) is 1.43. The molecule has 1 aliphatic carbocycles. The van der Waals surface area contributed by atoms with Crippen LogP contribution in [0.1, 0.15) is 54.9 Å². The molecule has 2 rings (SSSR count). The molecule has 1 aromatic carbocycles. The second-order valence-electron chi connectivity index (χ2n) is 4.88. The van der Waals surface area contributed by atoms with Crippen LogP contribution in [0.5, 0.6) is 0 Å². The minimum Gasteiger partial charge on any atom is -0.294 e. The molecule has 0 saturated heterocycles. The Morgan fingerprint density at radius 2 is 2.00 bits per heavy atom. The maximum Gasteiger partial charge on any atom is 0.163 e. The molecule has 1 nitrogen and oxygen atoms in total. The average molecular weight is 202 g/mol. The van der Waals surface area contributed by atoms with E-state index in [0.29, 0.717) is 24.0 Å². The molecule has 0 radical (unpaired) electrons. The highest BCUT2D eigenvalue weighted by molar-refractivity contribution is 5.97. The maximum atomic E-state index is 12.0. The Labute approximate surface area is 91.5 Å². The van der Waals surface area contributed by atoms with Gasteiger partial charge >= 0.3 is 0 Å². The minimum absolute atomic E-state index is 0.312. The van der Waals surface area contributed by atoms with Crippen LogP contribution < -0.4 is 0 Å². The van der Waals surface area contributed by atoms with Crippen molar-refractivity contribution in [3.05, 3.63) is 35.4 Å². The fourth-order valence-corrected chi connectivity index (χ4v) is 1.98. The standard InChI is InChI=1S/C14H18O/c1-10(2)9-14(15)13-6-4-3-5-12(13)11-7-8-11/h3-6,10-11H,7-9H2,1-2H3. The van der Waals surface area contributed by atoms with Crippen LogP contribution in [0.4, 0.5) is 0 Å². The Hall–Kier alpha value is -1.11. The van der Waals surface area contributed by atoms with Crippen LogP contribution in [-0.4, -0.2) is 5.78 Å². The van der Waals surface area contributed by atoms with E-state index in [9.17, 15) is 4.79 Å². The first-order chi connectivity index (χ1) is 7.18. The summed E-state index contributed by atoms with van der Waals surface area (Å²) in [7, 11) is 0. The summed E-state index contributed by atoms with van der Waals surface area (Å²) in [6.07, 6.45) is 3.18. The van der Waals surface area contributed by atoms with Crippen LogP contribution in [-0.2, 0) is 0 Å². The van der Waals surface area contributed by atoms with E-state index in [1.165, 1.54) is 18.4 Å². The molecular formula is C14H18O. The number of hydrogen-bond donors (Lipinski definition) is 0. The highest BCUT2D eigenvalue weighted by atomic mass is 16.1. The van der Waals surface area contributed by atoms with Gasteiger partial charge in [-0.2, -0.15) is 0 Å². The average Bonchev–Trinajstić information content (AvgIpc) is 3.00. The SMILES string of the molecule is CC(C)CC(=O)c1ccccc1C1CC1. The van der Waals surface area contributed by atoms with Crippen LogP contribution in [0.3, 0.4) is 0 Å². The van der Waals surface area contributed by atoms with E-state index >= 15 is 0 Å². The Kier molecular flexibility index (Phi) is 2.90. The first-order valence-corrected chi connectivity index (χ1v) is 5.80. The quantitative estimate of drug-likeness (QED) is 0.679. The molecule has 1 aliphatic rings. The van der Waals surface area contributed by atoms with E-state index < -0.39 is 0 Å². The number of benzene rings is 1. The second-order valence-corrected chi connectivity index (χ2v) is 4.88. The zero-order valence-electron chi connectivity index (χ0n) is 9.49. The number of carbonyl (C=O) groups excluding carboxylic acids is 1. The Morgan fingerprint density at radius 3 is 2.60 bits per heavy atom. The summed E-state index contributed by atoms with van der Waals surface area (Å²) in [6.45, 7) is 4.19. The van der Waals surface area contributed by atoms with Gasteiger partial charge in [0.15, 0.2) is 5.78 Å². The van der Waals surface area contributed by atoms with Crippen molar-refractivity contribution in [3.8, 4) is 0 Å². The van der Waals surface area contributed by atoms with Gasteiger partial charge in [0.25, 0.3) is 0 Å². The van der Waals surface area contributed by atoms with Crippen molar-refractivity contribution >= 4 is 5.78 Å². The Morgan fingerprint density at radius 1 is 1.33 bits per heavy atom. The van der Waals surface area contributed by atoms with Crippen molar-refractivity contribution in [3.63, 3.8) is 0 Å². The van der Waals surface area contributed by atoms with Crippen molar-refractivity contribution in [2.75, 3.05) is 0 Å². The van der Waals surface area contributed by atoms with Crippen LogP contribution in [0.2, 0.25) is 0 Å². The van der Waals surface area contributed by atoms with Crippen molar-refractivity contribution in [2.24, 2.45) is 5.92 Å². The second kappa shape index (κ2) is 4.18. The van der Waals surface area contributed by atoms with E-state index in [2.05, 4.69) is 19.9 Å². The molecule has 1 aromatic rings. The zero-order valence-corrected chi connectivity index (χ0v) is 9.49. The summed E-state index contributed by atoms with van der Waals surface area (Å²) in [5, 5.41) is 0. The van der Waals surface area contributed by atoms with E-state index in [-0.39, 0.29) is 0 Å². The largest absolute Gasteiger partial charge is 0.294 e. The number of hydrogen-bond acceptors (Lipinski definition) is 1. The molecule has 0 atom stereocenters. The van der Waals surface area contributed by atoms with Gasteiger partial charge in [0.1, 0.15) is 0 Å². The molecule has 0 unspecified atom stereocenters. The molecule has 0 aromatic heterocycles. The smallest absolute Gasteiger partial charge is 0.163 e. The lowest BCUT2D eigenvalue weighted by molar-refractivity contribution is 0.0967. The first-order valence-electron chi connectivity index (χ1n) is 5.80. The van der Waals surface area contributed by atoms with Gasteiger partial charge in [-0.1, -0.05) is 38.1 Å². The molecule has 80 valence electrons. The van der Waals surface area contributed by atoms with Crippen molar-refractivity contribution in [1.29, 1.82) is 0 Å². The van der Waals surface area contributed by atoms with Crippen molar-refractivity contribution in [1.82, 2.24) is 0 Å². The molecule has 1 fully saturated rings. The van der Waals surface area contributed by atoms with Crippen LogP contribution in [0.25, 0.3) is 0 Å². The minimum atomic E-state index is 0.312. The predicted octanol–water partition coefficient (Wildman–Crippen LogP) is 3.79. The summed E-state index contributed by atoms with van der Waals surface area (Å²) in [6, 6.07) is 8.11. The molecule has 0 bridgehead atoms. The van der Waals surface area contributed by atoms with Gasteiger partial charge in [-0.25, -0.2) is 0 Å². The van der Waals surface area contributed by atoms with Crippen LogP contribution in [0, 0.1) is 5.92 Å². The van der Waals surface area contributed by atoms with Gasteiger partial charge < -0.3 is 0 Å². The van der Waals surface area contributed by atoms with Crippen LogP contribution >= 0.6 is 0 Å². The van der Waals surface area contributed by atoms with Gasteiger partial charge in [0.2, 0.25) is 0 Å². The zero-order chi connectivity index (χ0) is 10.8. The molecule has 0 amide bonds. The summed E-state index contributed by atoms with van der Waals surface area (Å²) < 4.78 is 0. The van der Waals surface area contributed by atoms with Gasteiger partial charge in [-0.05, 0) is 30.2 Å². The third kappa shape index (κ3) is 2.47. The summed E-state index contributed by atoms with van der Waals surface area (Å²) in [4.78, 5) is 12.0. The maximum absolute atomic E-state index is 12.0. The molecular weight excluding hydrogens is 184 g/mol. The van der Waals surface area contributed by atoms with Gasteiger partial charge in [0, 0.05) is 12.0 Å². The van der Waals surface area contributed by atoms with Crippen molar-refractivity contribution < 1.29 is 4.79 Å². The lowest BCUT2D eigenvalue weighted by Crippen LogP contribution is -2.06. The summed E-state index contributed by atoms with van der Waals surface area (Å²) >= 11 is 0. The predicted molar refractivity (Wildman–Crippen MR) is 62.2 cm³/mol. The number of Topliss-reactive ketones (excluding diaryl/α,β-unsaturated/α-hetero) is 1. The molecule has 0 aliphatic heterocycles. The fourth-order valence-electron chi connectivity index (χ4n) is 1.98. The number of ketones is 1. The highest BCUT2D eigenvalue weighted by Gasteiger charge is 2.27. The van der Waals surface area contributed by atoms with Gasteiger partial charge in [-0.3, -0.25) is 4.79 Å². The summed E-state index contributed by atoms with van der Waals surface area (Å²) in [5.41, 5.74) is 2.25.